The van der Waals surface area contributed by atoms with Crippen molar-refractivity contribution in [2.45, 2.75) is 18.9 Å². The van der Waals surface area contributed by atoms with Gasteiger partial charge in [-0.1, -0.05) is 0 Å². The number of ether oxygens (including phenoxy) is 1. The summed E-state index contributed by atoms with van der Waals surface area (Å²) in [6, 6.07) is 0. The zero-order valence-electron chi connectivity index (χ0n) is 6.50. The maximum absolute atomic E-state index is 8.91. The van der Waals surface area contributed by atoms with Crippen molar-refractivity contribution >= 4 is 11.6 Å². The summed E-state index contributed by atoms with van der Waals surface area (Å²) >= 11 is 5.32. The van der Waals surface area contributed by atoms with Crippen LogP contribution in [0, 0.1) is 0 Å². The second-order valence-electron chi connectivity index (χ2n) is 2.31. The Hall–Kier alpha value is 0.170. The van der Waals surface area contributed by atoms with E-state index in [9.17, 15) is 0 Å². The van der Waals surface area contributed by atoms with Gasteiger partial charge < -0.3 is 14.9 Å². The molecule has 0 fully saturated rings. The van der Waals surface area contributed by atoms with E-state index in [-0.39, 0.29) is 19.1 Å². The SMILES string of the molecule is OCCCCOCC(O)CCl. The molecule has 4 heteroatoms. The molecule has 0 spiro atoms. The largest absolute Gasteiger partial charge is 0.396 e. The number of hydrogen-bond acceptors (Lipinski definition) is 3. The highest BCUT2D eigenvalue weighted by Gasteiger charge is 2.00. The number of halogens is 1. The van der Waals surface area contributed by atoms with Crippen molar-refractivity contribution in [2.75, 3.05) is 25.7 Å². The third-order valence-electron chi connectivity index (χ3n) is 1.19. The summed E-state index contributed by atoms with van der Waals surface area (Å²) in [5, 5.41) is 17.3. The molecule has 2 N–H and O–H groups in total. The van der Waals surface area contributed by atoms with Crippen molar-refractivity contribution in [3.63, 3.8) is 0 Å². The first kappa shape index (κ1) is 11.2. The summed E-state index contributed by atoms with van der Waals surface area (Å²) in [4.78, 5) is 0. The molecule has 0 rings (SSSR count). The molecule has 0 amide bonds. The fraction of sp³-hybridized carbons (Fsp3) is 1.00. The highest BCUT2D eigenvalue weighted by atomic mass is 35.5. The van der Waals surface area contributed by atoms with E-state index in [1.807, 2.05) is 0 Å². The first-order valence-corrected chi connectivity index (χ1v) is 4.27. The zero-order valence-corrected chi connectivity index (χ0v) is 7.26. The number of rotatable bonds is 7. The molecule has 0 aromatic heterocycles. The number of aliphatic hydroxyl groups excluding tert-OH is 2. The highest BCUT2D eigenvalue weighted by Crippen LogP contribution is 1.92. The van der Waals surface area contributed by atoms with E-state index in [1.54, 1.807) is 0 Å². The maximum atomic E-state index is 8.91. The van der Waals surface area contributed by atoms with Crippen LogP contribution in [0.25, 0.3) is 0 Å². The van der Waals surface area contributed by atoms with Crippen molar-refractivity contribution < 1.29 is 14.9 Å². The van der Waals surface area contributed by atoms with Gasteiger partial charge in [-0.2, -0.15) is 0 Å². The monoisotopic (exact) mass is 182 g/mol. The predicted molar refractivity (Wildman–Crippen MR) is 43.9 cm³/mol. The third-order valence-corrected chi connectivity index (χ3v) is 1.54. The molecular weight excluding hydrogens is 168 g/mol. The molecule has 1 unspecified atom stereocenters. The summed E-state index contributed by atoms with van der Waals surface area (Å²) in [5.74, 6) is 0.208. The Labute approximate surface area is 71.9 Å². The smallest absolute Gasteiger partial charge is 0.0908 e. The van der Waals surface area contributed by atoms with Gasteiger partial charge in [-0.15, -0.1) is 11.6 Å². The fourth-order valence-electron chi connectivity index (χ4n) is 0.580. The van der Waals surface area contributed by atoms with Gasteiger partial charge in [0, 0.05) is 13.2 Å². The fourth-order valence-corrected chi connectivity index (χ4v) is 0.669. The van der Waals surface area contributed by atoms with Gasteiger partial charge in [-0.3, -0.25) is 0 Å². The molecule has 0 aliphatic rings. The van der Waals surface area contributed by atoms with E-state index >= 15 is 0 Å². The van der Waals surface area contributed by atoms with Crippen LogP contribution in [0.2, 0.25) is 0 Å². The van der Waals surface area contributed by atoms with Crippen molar-refractivity contribution in [3.8, 4) is 0 Å². The van der Waals surface area contributed by atoms with Gasteiger partial charge in [0.2, 0.25) is 0 Å². The number of aliphatic hydroxyl groups is 2. The van der Waals surface area contributed by atoms with Crippen LogP contribution in [0.1, 0.15) is 12.8 Å². The molecule has 68 valence electrons. The Morgan fingerprint density at radius 3 is 2.64 bits per heavy atom. The van der Waals surface area contributed by atoms with E-state index < -0.39 is 6.10 Å². The van der Waals surface area contributed by atoms with Gasteiger partial charge in [0.15, 0.2) is 0 Å². The quantitative estimate of drug-likeness (QED) is 0.442. The first-order valence-electron chi connectivity index (χ1n) is 3.74. The average molecular weight is 183 g/mol. The average Bonchev–Trinajstić information content (AvgIpc) is 2.04. The van der Waals surface area contributed by atoms with Crippen LogP contribution in [0.15, 0.2) is 0 Å². The molecule has 0 saturated carbocycles. The van der Waals surface area contributed by atoms with Crippen LogP contribution in [0.3, 0.4) is 0 Å². The Bertz CT molecular complexity index is 80.1. The lowest BCUT2D eigenvalue weighted by Gasteiger charge is -2.06. The van der Waals surface area contributed by atoms with Crippen LogP contribution in [0.4, 0.5) is 0 Å². The number of hydrogen-bond donors (Lipinski definition) is 2. The molecule has 0 aromatic carbocycles. The molecule has 0 aromatic rings. The first-order chi connectivity index (χ1) is 5.31. The topological polar surface area (TPSA) is 49.7 Å². The van der Waals surface area contributed by atoms with Crippen molar-refractivity contribution in [1.29, 1.82) is 0 Å². The van der Waals surface area contributed by atoms with E-state index in [1.165, 1.54) is 0 Å². The lowest BCUT2D eigenvalue weighted by molar-refractivity contribution is 0.0449. The molecular formula is C7H15ClO3. The molecule has 0 aliphatic carbocycles. The Morgan fingerprint density at radius 1 is 1.36 bits per heavy atom. The minimum Gasteiger partial charge on any atom is -0.396 e. The van der Waals surface area contributed by atoms with E-state index in [4.69, 9.17) is 26.6 Å². The summed E-state index contributed by atoms with van der Waals surface area (Å²) in [5.41, 5.74) is 0. The molecule has 0 heterocycles. The molecule has 0 radical (unpaired) electrons. The second kappa shape index (κ2) is 8.27. The highest BCUT2D eigenvalue weighted by molar-refractivity contribution is 6.18. The molecule has 11 heavy (non-hydrogen) atoms. The van der Waals surface area contributed by atoms with Crippen LogP contribution < -0.4 is 0 Å². The van der Waals surface area contributed by atoms with Crippen LogP contribution in [0.5, 0.6) is 0 Å². The lowest BCUT2D eigenvalue weighted by Crippen LogP contribution is -2.17. The molecule has 3 nitrogen and oxygen atoms in total. The predicted octanol–water partition coefficient (Wildman–Crippen LogP) is 0.375. The third kappa shape index (κ3) is 8.07. The van der Waals surface area contributed by atoms with Gasteiger partial charge in [0.25, 0.3) is 0 Å². The van der Waals surface area contributed by atoms with Gasteiger partial charge in [-0.05, 0) is 12.8 Å². The van der Waals surface area contributed by atoms with Crippen molar-refractivity contribution in [1.82, 2.24) is 0 Å². The summed E-state index contributed by atoms with van der Waals surface area (Å²) in [6.07, 6.45) is 1.01. The van der Waals surface area contributed by atoms with E-state index in [0.29, 0.717) is 6.61 Å². The van der Waals surface area contributed by atoms with Gasteiger partial charge in [-0.25, -0.2) is 0 Å². The van der Waals surface area contributed by atoms with E-state index in [0.717, 1.165) is 12.8 Å². The molecule has 0 aliphatic heterocycles. The Balaban J connectivity index is 2.89. The van der Waals surface area contributed by atoms with E-state index in [2.05, 4.69) is 0 Å². The number of alkyl halides is 1. The standard InChI is InChI=1S/C7H15ClO3/c8-5-7(10)6-11-4-2-1-3-9/h7,9-10H,1-6H2. The van der Waals surface area contributed by atoms with Gasteiger partial charge in [0.05, 0.1) is 18.6 Å². The van der Waals surface area contributed by atoms with Crippen molar-refractivity contribution in [3.05, 3.63) is 0 Å². The minimum atomic E-state index is -0.564. The zero-order chi connectivity index (χ0) is 8.53. The minimum absolute atomic E-state index is 0.196. The van der Waals surface area contributed by atoms with Crippen molar-refractivity contribution in [2.24, 2.45) is 0 Å². The number of unbranched alkanes of at least 4 members (excludes halogenated alkanes) is 1. The lowest BCUT2D eigenvalue weighted by atomic mass is 10.3. The van der Waals surface area contributed by atoms with Crippen LogP contribution in [-0.4, -0.2) is 42.0 Å². The molecule has 1 atom stereocenters. The van der Waals surface area contributed by atoms with Gasteiger partial charge >= 0.3 is 0 Å². The van der Waals surface area contributed by atoms with Crippen LogP contribution >= 0.6 is 11.6 Å². The Morgan fingerprint density at radius 2 is 2.09 bits per heavy atom. The van der Waals surface area contributed by atoms with Crippen LogP contribution in [-0.2, 0) is 4.74 Å². The molecule has 0 saturated heterocycles. The summed E-state index contributed by atoms with van der Waals surface area (Å²) in [6.45, 7) is 1.06. The Kier molecular flexibility index (Phi) is 8.40. The summed E-state index contributed by atoms with van der Waals surface area (Å²) < 4.78 is 5.04. The normalized spacial score (nSPS) is 13.4. The maximum Gasteiger partial charge on any atom is 0.0908 e. The van der Waals surface area contributed by atoms with Gasteiger partial charge in [0.1, 0.15) is 0 Å². The summed E-state index contributed by atoms with van der Waals surface area (Å²) in [7, 11) is 0. The molecule has 0 bridgehead atoms. The second-order valence-corrected chi connectivity index (χ2v) is 2.62.